The predicted molar refractivity (Wildman–Crippen MR) is 146 cm³/mol. The van der Waals surface area contributed by atoms with Crippen LogP contribution in [0.15, 0.2) is 77.3 Å². The molecule has 0 aromatic heterocycles. The molecule has 33 heavy (non-hydrogen) atoms. The van der Waals surface area contributed by atoms with Crippen LogP contribution in [-0.4, -0.2) is 0 Å². The lowest BCUT2D eigenvalue weighted by Gasteiger charge is -2.32. The molecule has 0 aliphatic carbocycles. The summed E-state index contributed by atoms with van der Waals surface area (Å²) in [5, 5.41) is 0. The summed E-state index contributed by atoms with van der Waals surface area (Å²) in [5.41, 5.74) is 10.7. The van der Waals surface area contributed by atoms with Crippen molar-refractivity contribution in [2.45, 2.75) is 66.2 Å². The first-order valence-corrected chi connectivity index (χ1v) is 13.1. The molecule has 0 spiro atoms. The van der Waals surface area contributed by atoms with E-state index in [0.29, 0.717) is 11.8 Å². The van der Waals surface area contributed by atoms with E-state index in [1.54, 1.807) is 11.8 Å². The number of hydrogen-bond acceptors (Lipinski definition) is 2. The fourth-order valence-corrected chi connectivity index (χ4v) is 5.71. The van der Waals surface area contributed by atoms with Crippen LogP contribution in [0.3, 0.4) is 0 Å². The summed E-state index contributed by atoms with van der Waals surface area (Å²) in [6.45, 7) is 13.8. The summed E-state index contributed by atoms with van der Waals surface area (Å²) in [4.78, 5) is 3.82. The van der Waals surface area contributed by atoms with Crippen molar-refractivity contribution in [2.24, 2.45) is 0 Å². The molecule has 3 aromatic carbocycles. The molecule has 0 saturated carbocycles. The lowest BCUT2D eigenvalue weighted by Crippen LogP contribution is -2.18. The SMILES string of the molecule is CCC1=C(CC)N(c2c(-c3ccccc3)c(C(C)C)cc(C(C)C)c2-c2ccccc2)[C]S1. The van der Waals surface area contributed by atoms with Crippen molar-refractivity contribution in [3.63, 3.8) is 0 Å². The predicted octanol–water partition coefficient (Wildman–Crippen LogP) is 9.85. The van der Waals surface area contributed by atoms with Gasteiger partial charge in [0.2, 0.25) is 0 Å². The van der Waals surface area contributed by atoms with E-state index >= 15 is 0 Å². The summed E-state index contributed by atoms with van der Waals surface area (Å²) in [7, 11) is 0. The van der Waals surface area contributed by atoms with Gasteiger partial charge in [0.15, 0.2) is 5.88 Å². The molecule has 1 aliphatic heterocycles. The van der Waals surface area contributed by atoms with E-state index < -0.39 is 0 Å². The molecular formula is C31H35NS. The van der Waals surface area contributed by atoms with Crippen molar-refractivity contribution in [1.82, 2.24) is 0 Å². The van der Waals surface area contributed by atoms with Crippen LogP contribution in [0.2, 0.25) is 0 Å². The van der Waals surface area contributed by atoms with E-state index in [4.69, 9.17) is 0 Å². The fraction of sp³-hybridized carbons (Fsp3) is 0.323. The van der Waals surface area contributed by atoms with Gasteiger partial charge < -0.3 is 4.90 Å². The molecule has 2 radical (unpaired) electrons. The number of nitrogens with zero attached hydrogens (tertiary/aromatic N) is 1. The first-order chi connectivity index (χ1) is 16.0. The Kier molecular flexibility index (Phi) is 7.34. The number of benzene rings is 3. The molecule has 1 nitrogen and oxygen atoms in total. The van der Waals surface area contributed by atoms with Gasteiger partial charge in [0.05, 0.1) is 5.69 Å². The van der Waals surface area contributed by atoms with Crippen LogP contribution < -0.4 is 4.90 Å². The van der Waals surface area contributed by atoms with E-state index in [-0.39, 0.29) is 0 Å². The fourth-order valence-electron chi connectivity index (χ4n) is 4.81. The Hall–Kier alpha value is -2.45. The Morgan fingerprint density at radius 1 is 0.727 bits per heavy atom. The molecule has 0 bridgehead atoms. The standard InChI is InChI=1S/C31H35NS/c1-7-27-28(8-2)33-20-32(27)31-29(23-15-11-9-12-16-23)25(21(3)4)19-26(22(5)6)30(31)24-17-13-10-14-18-24/h9-19,21-22H,7-8H2,1-6H3. The van der Waals surface area contributed by atoms with Gasteiger partial charge in [-0.25, -0.2) is 0 Å². The first kappa shape index (κ1) is 23.7. The highest BCUT2D eigenvalue weighted by Gasteiger charge is 2.32. The zero-order valence-corrected chi connectivity index (χ0v) is 21.6. The Balaban J connectivity index is 2.18. The molecule has 0 fully saturated rings. The molecule has 0 N–H and O–H groups in total. The third-order valence-corrected chi connectivity index (χ3v) is 7.51. The van der Waals surface area contributed by atoms with Gasteiger partial charge in [-0.1, -0.05) is 120 Å². The number of rotatable bonds is 7. The summed E-state index contributed by atoms with van der Waals surface area (Å²) >= 11 is 1.77. The topological polar surface area (TPSA) is 3.24 Å². The highest BCUT2D eigenvalue weighted by atomic mass is 32.2. The van der Waals surface area contributed by atoms with Crippen LogP contribution in [0.25, 0.3) is 22.3 Å². The average molecular weight is 454 g/mol. The van der Waals surface area contributed by atoms with Crippen molar-refractivity contribution in [3.05, 3.63) is 94.3 Å². The lowest BCUT2D eigenvalue weighted by atomic mass is 9.81. The number of thioether (sulfide) groups is 1. The average Bonchev–Trinajstić information content (AvgIpc) is 3.26. The number of allylic oxidation sites excluding steroid dienone is 2. The maximum atomic E-state index is 3.70. The molecule has 2 heteroatoms. The van der Waals surface area contributed by atoms with E-state index in [9.17, 15) is 0 Å². The van der Waals surface area contributed by atoms with Crippen LogP contribution in [0.4, 0.5) is 5.69 Å². The van der Waals surface area contributed by atoms with Gasteiger partial charge in [-0.15, -0.1) is 0 Å². The van der Waals surface area contributed by atoms with E-state index in [1.807, 2.05) is 0 Å². The van der Waals surface area contributed by atoms with Crippen molar-refractivity contribution < 1.29 is 0 Å². The minimum Gasteiger partial charge on any atom is -0.321 e. The molecule has 0 unspecified atom stereocenters. The van der Waals surface area contributed by atoms with Gasteiger partial charge in [-0.2, -0.15) is 0 Å². The van der Waals surface area contributed by atoms with E-state index in [0.717, 1.165) is 12.8 Å². The minimum absolute atomic E-state index is 0.413. The van der Waals surface area contributed by atoms with Crippen molar-refractivity contribution in [1.29, 1.82) is 0 Å². The molecular weight excluding hydrogens is 418 g/mol. The number of anilines is 1. The summed E-state index contributed by atoms with van der Waals surface area (Å²) < 4.78 is 0. The summed E-state index contributed by atoms with van der Waals surface area (Å²) in [6.07, 6.45) is 2.04. The van der Waals surface area contributed by atoms with Crippen molar-refractivity contribution in [3.8, 4) is 22.3 Å². The monoisotopic (exact) mass is 453 g/mol. The zero-order valence-electron chi connectivity index (χ0n) is 20.8. The second kappa shape index (κ2) is 10.2. The first-order valence-electron chi connectivity index (χ1n) is 12.2. The number of hydrogen-bond donors (Lipinski definition) is 0. The second-order valence-electron chi connectivity index (χ2n) is 9.30. The molecule has 4 rings (SSSR count). The van der Waals surface area contributed by atoms with Crippen LogP contribution >= 0.6 is 11.8 Å². The maximum Gasteiger partial charge on any atom is 0.169 e. The van der Waals surface area contributed by atoms with Crippen LogP contribution in [-0.2, 0) is 0 Å². The molecule has 1 heterocycles. The normalized spacial score (nSPS) is 14.1. The summed E-state index contributed by atoms with van der Waals surface area (Å²) in [5.74, 6) is 4.53. The van der Waals surface area contributed by atoms with E-state index in [1.165, 1.54) is 49.7 Å². The van der Waals surface area contributed by atoms with Gasteiger partial charge in [-0.3, -0.25) is 0 Å². The highest BCUT2D eigenvalue weighted by Crippen LogP contribution is 2.53. The largest absolute Gasteiger partial charge is 0.321 e. The Labute approximate surface area is 204 Å². The third kappa shape index (κ3) is 4.51. The van der Waals surface area contributed by atoms with Crippen molar-refractivity contribution in [2.75, 3.05) is 4.90 Å². The van der Waals surface area contributed by atoms with Gasteiger partial charge in [0.1, 0.15) is 0 Å². The Morgan fingerprint density at radius 2 is 1.21 bits per heavy atom. The molecule has 1 aliphatic rings. The van der Waals surface area contributed by atoms with E-state index in [2.05, 4.69) is 119 Å². The van der Waals surface area contributed by atoms with Gasteiger partial charge in [0, 0.05) is 21.7 Å². The highest BCUT2D eigenvalue weighted by molar-refractivity contribution is 8.05. The Morgan fingerprint density at radius 3 is 1.61 bits per heavy atom. The zero-order chi connectivity index (χ0) is 23.5. The minimum atomic E-state index is 0.413. The molecule has 0 atom stereocenters. The molecule has 0 amide bonds. The van der Waals surface area contributed by atoms with Gasteiger partial charge in [0.25, 0.3) is 0 Å². The Bertz CT molecular complexity index is 1060. The van der Waals surface area contributed by atoms with Crippen LogP contribution in [0.1, 0.15) is 77.3 Å². The summed E-state index contributed by atoms with van der Waals surface area (Å²) in [6, 6.07) is 24.3. The molecule has 170 valence electrons. The smallest absolute Gasteiger partial charge is 0.169 e. The van der Waals surface area contributed by atoms with Crippen LogP contribution in [0.5, 0.6) is 0 Å². The molecule has 0 saturated heterocycles. The maximum absolute atomic E-state index is 3.70. The van der Waals surface area contributed by atoms with Crippen LogP contribution in [0, 0.1) is 5.88 Å². The quantitative estimate of drug-likeness (QED) is 0.350. The van der Waals surface area contributed by atoms with Crippen molar-refractivity contribution >= 4 is 17.4 Å². The van der Waals surface area contributed by atoms with Gasteiger partial charge in [-0.05, 0) is 46.9 Å². The third-order valence-electron chi connectivity index (χ3n) is 6.46. The molecule has 3 aromatic rings. The van der Waals surface area contributed by atoms with Gasteiger partial charge >= 0.3 is 0 Å². The second-order valence-corrected chi connectivity index (χ2v) is 10.2. The lowest BCUT2D eigenvalue weighted by molar-refractivity contribution is 0.835.